The summed E-state index contributed by atoms with van der Waals surface area (Å²) in [6.07, 6.45) is -29.7. The van der Waals surface area contributed by atoms with Crippen molar-refractivity contribution >= 4 is 5.97 Å². The molecule has 26 nitrogen and oxygen atoms in total. The quantitative estimate of drug-likeness (QED) is 0.0528. The van der Waals surface area contributed by atoms with E-state index in [1.165, 1.54) is 6.92 Å². The largest absolute Gasteiger partial charge is 0.432 e. The lowest BCUT2D eigenvalue weighted by molar-refractivity contribution is -0.383. The first-order valence-corrected chi connectivity index (χ1v) is 30.2. The van der Waals surface area contributed by atoms with Crippen LogP contribution in [-0.2, 0) is 52.2 Å². The van der Waals surface area contributed by atoms with Gasteiger partial charge in [-0.2, -0.15) is 0 Å². The van der Waals surface area contributed by atoms with Crippen molar-refractivity contribution in [1.82, 2.24) is 0 Å². The van der Waals surface area contributed by atoms with Gasteiger partial charge in [0.25, 0.3) is 0 Å². The molecule has 0 bridgehead atoms. The molecule has 33 unspecified atom stereocenters. The molecule has 0 aromatic heterocycles. The first kappa shape index (κ1) is 65.2. The maximum absolute atomic E-state index is 15.2. The third-order valence-electron chi connectivity index (χ3n) is 23.1. The molecule has 26 heteroatoms. The lowest BCUT2D eigenvalue weighted by Gasteiger charge is -2.72. The number of hydrogen-bond acceptors (Lipinski definition) is 26. The van der Waals surface area contributed by atoms with Gasteiger partial charge in [0.1, 0.15) is 104 Å². The van der Waals surface area contributed by atoms with Crippen LogP contribution in [0, 0.1) is 50.7 Å². The third-order valence-corrected chi connectivity index (χ3v) is 23.1. The van der Waals surface area contributed by atoms with Crippen molar-refractivity contribution in [3.63, 3.8) is 0 Å². The standard InChI is InChI=1S/C58H94O26/c1-23-11-16-58(52(73)84-50-43(72)39(68)36(65)29(80-50)22-77-47-41(70)38(67)35(64)28(19-59)79-47)18-17-55(6)25(46(58)57(23,8)74)9-10-31-54(5)14-13-32(53(3,4)30(54)12-15-56(31,55)7)81-51-45(83-49-42(71)37(66)33(62)24(2)78-49)44(27(61)21-76-51)82-48-40(69)34(63)26(60)20-75-48/h9,23-24,26-51,59-72,74H,10-22H2,1-8H3. The normalized spacial score (nSPS) is 55.8. The Bertz CT molecular complexity index is 2350. The molecule has 0 radical (unpaired) electrons. The number of carbonyl (C=O) groups is 1. The van der Waals surface area contributed by atoms with Gasteiger partial charge in [0.2, 0.25) is 6.29 Å². The SMILES string of the molecule is CC1OC(OC2C(OC3CCC4(C)C(CCC5(C)C4CC=C4C6C(C(=O)OC7OC(COC8OC(CO)C(O)C(O)C8O)C(O)C(O)C7O)(CCC(C)C6(C)O)CCC45C)C3(C)C)OCC(O)C2OC2OCC(O)C(O)C2O)C(O)C(O)C1O. The van der Waals surface area contributed by atoms with E-state index in [0.717, 1.165) is 18.4 Å². The minimum Gasteiger partial charge on any atom is -0.432 e. The number of ether oxygens (including phenoxy) is 10. The predicted octanol–water partition coefficient (Wildman–Crippen LogP) is -2.93. The Morgan fingerprint density at radius 1 is 0.571 bits per heavy atom. The average molecular weight is 1210 g/mol. The minimum absolute atomic E-state index is 0.0540. The Morgan fingerprint density at radius 3 is 1.86 bits per heavy atom. The summed E-state index contributed by atoms with van der Waals surface area (Å²) >= 11 is 0. The van der Waals surface area contributed by atoms with Crippen molar-refractivity contribution in [2.75, 3.05) is 26.4 Å². The lowest BCUT2D eigenvalue weighted by Crippen LogP contribution is -2.68. The molecule has 5 aliphatic carbocycles. The number of carbonyl (C=O) groups excluding carboxylic acids is 1. The fraction of sp³-hybridized carbons (Fsp3) is 0.948. The molecule has 9 fully saturated rings. The number of allylic oxidation sites excluding steroid dienone is 1. The second kappa shape index (κ2) is 23.8. The summed E-state index contributed by atoms with van der Waals surface area (Å²) in [5.74, 6) is -1.59. The van der Waals surface area contributed by atoms with Gasteiger partial charge in [0, 0.05) is 5.92 Å². The minimum atomic E-state index is -1.92. The van der Waals surface area contributed by atoms with E-state index in [2.05, 4.69) is 40.7 Å². The zero-order valence-corrected chi connectivity index (χ0v) is 49.1. The molecule has 0 aromatic rings. The monoisotopic (exact) mass is 1210 g/mol. The highest BCUT2D eigenvalue weighted by Gasteiger charge is 2.72. The van der Waals surface area contributed by atoms with E-state index in [0.29, 0.717) is 44.9 Å². The average Bonchev–Trinajstić information content (AvgIpc) is 0.706. The van der Waals surface area contributed by atoms with E-state index >= 15 is 4.79 Å². The molecule has 5 saturated heterocycles. The Hall–Kier alpha value is -1.75. The fourth-order valence-corrected chi connectivity index (χ4v) is 17.5. The van der Waals surface area contributed by atoms with Gasteiger partial charge in [-0.1, -0.05) is 53.2 Å². The molecule has 0 aromatic carbocycles. The highest BCUT2D eigenvalue weighted by atomic mass is 16.8. The van der Waals surface area contributed by atoms with Crippen molar-refractivity contribution in [2.24, 2.45) is 50.7 Å². The van der Waals surface area contributed by atoms with Crippen LogP contribution >= 0.6 is 0 Å². The molecule has 4 saturated carbocycles. The number of fused-ring (bicyclic) bond motifs is 7. The number of aliphatic hydroxyl groups is 15. The summed E-state index contributed by atoms with van der Waals surface area (Å²) in [5.41, 5.74) is -3.54. The predicted molar refractivity (Wildman–Crippen MR) is 283 cm³/mol. The van der Waals surface area contributed by atoms with Crippen LogP contribution in [0.4, 0.5) is 0 Å². The molecular formula is C58H94O26. The molecule has 10 rings (SSSR count). The molecule has 84 heavy (non-hydrogen) atoms. The van der Waals surface area contributed by atoms with Gasteiger partial charge < -0.3 is 124 Å². The number of esters is 1. The Kier molecular flexibility index (Phi) is 18.5. The molecule has 10 aliphatic rings. The fourth-order valence-electron chi connectivity index (χ4n) is 17.5. The summed E-state index contributed by atoms with van der Waals surface area (Å²) in [4.78, 5) is 15.2. The Balaban J connectivity index is 0.884. The van der Waals surface area contributed by atoms with Gasteiger partial charge in [-0.05, 0) is 111 Å². The van der Waals surface area contributed by atoms with Gasteiger partial charge in [0.05, 0.1) is 49.7 Å². The number of aliphatic hydroxyl groups excluding tert-OH is 14. The van der Waals surface area contributed by atoms with E-state index < -0.39 is 201 Å². The molecular weight excluding hydrogens is 1110 g/mol. The summed E-state index contributed by atoms with van der Waals surface area (Å²) in [6.45, 7) is 14.4. The lowest BCUT2D eigenvalue weighted by atomic mass is 9.33. The van der Waals surface area contributed by atoms with E-state index in [1.54, 1.807) is 6.92 Å². The van der Waals surface area contributed by atoms with Crippen molar-refractivity contribution in [2.45, 2.75) is 266 Å². The van der Waals surface area contributed by atoms with Crippen LogP contribution in [0.25, 0.3) is 0 Å². The maximum atomic E-state index is 15.2. The van der Waals surface area contributed by atoms with E-state index in [-0.39, 0.29) is 35.2 Å². The number of hydrogen-bond donors (Lipinski definition) is 15. The van der Waals surface area contributed by atoms with Gasteiger partial charge in [-0.25, -0.2) is 0 Å². The molecule has 15 N–H and O–H groups in total. The second-order valence-corrected chi connectivity index (χ2v) is 27.9. The molecule has 482 valence electrons. The summed E-state index contributed by atoms with van der Waals surface area (Å²) in [5, 5.41) is 163. The van der Waals surface area contributed by atoms with Gasteiger partial charge in [-0.15, -0.1) is 0 Å². The maximum Gasteiger partial charge on any atom is 0.315 e. The topological polar surface area (TPSA) is 413 Å². The van der Waals surface area contributed by atoms with Gasteiger partial charge in [-0.3, -0.25) is 4.79 Å². The van der Waals surface area contributed by atoms with Crippen LogP contribution in [0.15, 0.2) is 11.6 Å². The van der Waals surface area contributed by atoms with E-state index in [9.17, 15) is 76.6 Å². The first-order chi connectivity index (χ1) is 39.3. The Labute approximate surface area is 488 Å². The zero-order valence-electron chi connectivity index (χ0n) is 49.1. The van der Waals surface area contributed by atoms with Gasteiger partial charge in [0.15, 0.2) is 25.2 Å². The molecule has 5 heterocycles. The van der Waals surface area contributed by atoms with Crippen LogP contribution < -0.4 is 0 Å². The van der Waals surface area contributed by atoms with Crippen LogP contribution in [0.1, 0.15) is 113 Å². The van der Waals surface area contributed by atoms with E-state index in [4.69, 9.17) is 47.4 Å². The van der Waals surface area contributed by atoms with Gasteiger partial charge >= 0.3 is 5.97 Å². The molecule has 5 aliphatic heterocycles. The summed E-state index contributed by atoms with van der Waals surface area (Å²) in [6, 6.07) is 0. The van der Waals surface area contributed by atoms with Crippen molar-refractivity contribution < 1.29 is 129 Å². The van der Waals surface area contributed by atoms with Crippen LogP contribution in [0.3, 0.4) is 0 Å². The van der Waals surface area contributed by atoms with Crippen LogP contribution in [0.5, 0.6) is 0 Å². The summed E-state index contributed by atoms with van der Waals surface area (Å²) in [7, 11) is 0. The molecule has 0 spiro atoms. The highest BCUT2D eigenvalue weighted by molar-refractivity contribution is 5.79. The van der Waals surface area contributed by atoms with Crippen molar-refractivity contribution in [1.29, 1.82) is 0 Å². The number of rotatable bonds is 12. The Morgan fingerprint density at radius 2 is 1.17 bits per heavy atom. The van der Waals surface area contributed by atoms with Crippen molar-refractivity contribution in [3.05, 3.63) is 11.6 Å². The summed E-state index contributed by atoms with van der Waals surface area (Å²) < 4.78 is 60.3. The van der Waals surface area contributed by atoms with Crippen molar-refractivity contribution in [3.8, 4) is 0 Å². The first-order valence-electron chi connectivity index (χ1n) is 30.2. The van der Waals surface area contributed by atoms with Crippen LogP contribution in [-0.4, -0.2) is 262 Å². The van der Waals surface area contributed by atoms with E-state index in [1.807, 2.05) is 6.92 Å². The second-order valence-electron chi connectivity index (χ2n) is 27.9. The third kappa shape index (κ3) is 10.6. The smallest absolute Gasteiger partial charge is 0.315 e. The highest BCUT2D eigenvalue weighted by Crippen LogP contribution is 2.76. The molecule has 0 amide bonds. The zero-order chi connectivity index (χ0) is 61.3. The van der Waals surface area contributed by atoms with Crippen LogP contribution in [0.2, 0.25) is 0 Å². The molecule has 33 atom stereocenters.